The lowest BCUT2D eigenvalue weighted by Gasteiger charge is -2.07. The minimum absolute atomic E-state index is 0.816. The van der Waals surface area contributed by atoms with E-state index in [4.69, 9.17) is 0 Å². The molecule has 2 aromatic heterocycles. The third-order valence-corrected chi connectivity index (χ3v) is 4.78. The Morgan fingerprint density at radius 1 is 1.20 bits per heavy atom. The fourth-order valence-electron chi connectivity index (χ4n) is 1.96. The van der Waals surface area contributed by atoms with E-state index in [0.29, 0.717) is 0 Å². The Morgan fingerprint density at radius 2 is 2.10 bits per heavy atom. The predicted molar refractivity (Wildman–Crippen MR) is 86.5 cm³/mol. The van der Waals surface area contributed by atoms with E-state index in [2.05, 4.69) is 44.9 Å². The highest BCUT2D eigenvalue weighted by atomic mass is 32.1. The van der Waals surface area contributed by atoms with E-state index < -0.39 is 0 Å². The second kappa shape index (κ2) is 5.73. The van der Waals surface area contributed by atoms with Crippen molar-refractivity contribution in [3.63, 3.8) is 0 Å². The summed E-state index contributed by atoms with van der Waals surface area (Å²) in [5, 5.41) is 6.65. The van der Waals surface area contributed by atoms with Crippen molar-refractivity contribution in [3.05, 3.63) is 50.7 Å². The van der Waals surface area contributed by atoms with E-state index in [9.17, 15) is 0 Å². The topological polar surface area (TPSA) is 37.8 Å². The van der Waals surface area contributed by atoms with Gasteiger partial charge in [-0.1, -0.05) is 12.1 Å². The Kier molecular flexibility index (Phi) is 3.80. The van der Waals surface area contributed by atoms with Crippen LogP contribution in [-0.4, -0.2) is 9.97 Å². The molecule has 0 aliphatic carbocycles. The zero-order valence-electron chi connectivity index (χ0n) is 11.4. The van der Waals surface area contributed by atoms with Crippen LogP contribution in [0.3, 0.4) is 0 Å². The number of aryl methyl sites for hydroxylation is 2. The quantitative estimate of drug-likeness (QED) is 0.771. The summed E-state index contributed by atoms with van der Waals surface area (Å²) in [6, 6.07) is 8.38. The van der Waals surface area contributed by atoms with Crippen molar-refractivity contribution in [2.24, 2.45) is 0 Å². The molecule has 3 rings (SSSR count). The maximum Gasteiger partial charge on any atom is 0.0901 e. The van der Waals surface area contributed by atoms with Gasteiger partial charge in [-0.3, -0.25) is 0 Å². The van der Waals surface area contributed by atoms with Crippen LogP contribution in [0.4, 0.5) is 5.69 Å². The van der Waals surface area contributed by atoms with Gasteiger partial charge in [-0.2, -0.15) is 0 Å². The molecule has 0 fully saturated rings. The molecule has 3 nitrogen and oxygen atoms in total. The maximum absolute atomic E-state index is 4.53. The molecule has 0 spiro atoms. The molecule has 0 radical (unpaired) electrons. The summed E-state index contributed by atoms with van der Waals surface area (Å²) in [6.07, 6.45) is 0. The summed E-state index contributed by atoms with van der Waals surface area (Å²) in [7, 11) is 0. The van der Waals surface area contributed by atoms with Gasteiger partial charge in [0.1, 0.15) is 0 Å². The summed E-state index contributed by atoms with van der Waals surface area (Å²) in [6.45, 7) is 4.89. The standard InChI is InChI=1S/C15H15N3S2/c1-10-15(20-9-17-10)7-16-13-5-3-4-12(6-13)14-8-19-11(2)18-14/h3-6,8-9,16H,7H2,1-2H3. The van der Waals surface area contributed by atoms with Gasteiger partial charge in [0.05, 0.1) is 28.5 Å². The van der Waals surface area contributed by atoms with Gasteiger partial charge in [0.2, 0.25) is 0 Å². The lowest BCUT2D eigenvalue weighted by atomic mass is 10.1. The number of nitrogens with zero attached hydrogens (tertiary/aromatic N) is 2. The molecular formula is C15H15N3S2. The molecule has 0 saturated carbocycles. The average molecular weight is 301 g/mol. The largest absolute Gasteiger partial charge is 0.380 e. The van der Waals surface area contributed by atoms with Gasteiger partial charge < -0.3 is 5.32 Å². The maximum atomic E-state index is 4.53. The van der Waals surface area contributed by atoms with E-state index in [1.54, 1.807) is 22.7 Å². The van der Waals surface area contributed by atoms with Gasteiger partial charge >= 0.3 is 0 Å². The van der Waals surface area contributed by atoms with E-state index in [-0.39, 0.29) is 0 Å². The summed E-state index contributed by atoms with van der Waals surface area (Å²) >= 11 is 3.37. The molecule has 102 valence electrons. The average Bonchev–Trinajstić information content (AvgIpc) is 3.06. The molecule has 0 atom stereocenters. The highest BCUT2D eigenvalue weighted by Crippen LogP contribution is 2.24. The van der Waals surface area contributed by atoms with Gasteiger partial charge in [0, 0.05) is 21.5 Å². The van der Waals surface area contributed by atoms with Gasteiger partial charge in [-0.25, -0.2) is 9.97 Å². The number of anilines is 1. The monoisotopic (exact) mass is 301 g/mol. The lowest BCUT2D eigenvalue weighted by molar-refractivity contribution is 1.12. The highest BCUT2D eigenvalue weighted by Gasteiger charge is 2.04. The molecule has 0 unspecified atom stereocenters. The van der Waals surface area contributed by atoms with Gasteiger partial charge in [0.25, 0.3) is 0 Å². The fourth-order valence-corrected chi connectivity index (χ4v) is 3.30. The van der Waals surface area contributed by atoms with Crippen LogP contribution in [0.5, 0.6) is 0 Å². The molecule has 0 bridgehead atoms. The number of hydrogen-bond donors (Lipinski definition) is 1. The summed E-state index contributed by atoms with van der Waals surface area (Å²) in [5.41, 5.74) is 6.31. The summed E-state index contributed by atoms with van der Waals surface area (Å²) in [4.78, 5) is 10.1. The molecule has 2 heterocycles. The number of aromatic nitrogens is 2. The Bertz CT molecular complexity index is 715. The van der Waals surface area contributed by atoms with Crippen LogP contribution in [0.2, 0.25) is 0 Å². The first-order valence-electron chi connectivity index (χ1n) is 6.38. The molecular weight excluding hydrogens is 286 g/mol. The first-order valence-corrected chi connectivity index (χ1v) is 8.14. The number of thiazole rings is 2. The molecule has 20 heavy (non-hydrogen) atoms. The number of rotatable bonds is 4. The van der Waals surface area contributed by atoms with Crippen molar-refractivity contribution in [2.75, 3.05) is 5.32 Å². The highest BCUT2D eigenvalue weighted by molar-refractivity contribution is 7.10. The van der Waals surface area contributed by atoms with Crippen LogP contribution in [0, 0.1) is 13.8 Å². The van der Waals surface area contributed by atoms with Crippen molar-refractivity contribution in [2.45, 2.75) is 20.4 Å². The van der Waals surface area contributed by atoms with Crippen LogP contribution in [0.15, 0.2) is 35.2 Å². The van der Waals surface area contributed by atoms with Crippen molar-refractivity contribution >= 4 is 28.4 Å². The molecule has 0 aliphatic rings. The summed E-state index contributed by atoms with van der Waals surface area (Å²) in [5.74, 6) is 0. The Balaban J connectivity index is 1.76. The van der Waals surface area contributed by atoms with E-state index >= 15 is 0 Å². The van der Waals surface area contributed by atoms with Crippen LogP contribution in [-0.2, 0) is 6.54 Å². The second-order valence-electron chi connectivity index (χ2n) is 4.55. The number of hydrogen-bond acceptors (Lipinski definition) is 5. The summed E-state index contributed by atoms with van der Waals surface area (Å²) < 4.78 is 0. The molecule has 0 amide bonds. The normalized spacial score (nSPS) is 10.7. The lowest BCUT2D eigenvalue weighted by Crippen LogP contribution is -1.99. The predicted octanol–water partition coefficient (Wildman–Crippen LogP) is 4.50. The van der Waals surface area contributed by atoms with Crippen LogP contribution in [0.25, 0.3) is 11.3 Å². The second-order valence-corrected chi connectivity index (χ2v) is 6.55. The smallest absolute Gasteiger partial charge is 0.0901 e. The van der Waals surface area contributed by atoms with Crippen molar-refractivity contribution < 1.29 is 0 Å². The minimum atomic E-state index is 0.816. The third-order valence-electron chi connectivity index (χ3n) is 3.08. The molecule has 0 saturated heterocycles. The molecule has 1 aromatic carbocycles. The third kappa shape index (κ3) is 2.89. The van der Waals surface area contributed by atoms with Crippen molar-refractivity contribution in [3.8, 4) is 11.3 Å². The van der Waals surface area contributed by atoms with Crippen molar-refractivity contribution in [1.82, 2.24) is 9.97 Å². The minimum Gasteiger partial charge on any atom is -0.380 e. The Morgan fingerprint density at radius 3 is 2.80 bits per heavy atom. The molecule has 1 N–H and O–H groups in total. The first kappa shape index (κ1) is 13.3. The van der Waals surface area contributed by atoms with E-state index in [1.807, 2.05) is 19.4 Å². The van der Waals surface area contributed by atoms with Crippen molar-refractivity contribution in [1.29, 1.82) is 0 Å². The zero-order valence-corrected chi connectivity index (χ0v) is 13.0. The van der Waals surface area contributed by atoms with E-state index in [1.165, 1.54) is 4.88 Å². The molecule has 3 aromatic rings. The van der Waals surface area contributed by atoms with Gasteiger partial charge in [-0.15, -0.1) is 22.7 Å². The Labute approximate surface area is 126 Å². The van der Waals surface area contributed by atoms with E-state index in [0.717, 1.165) is 34.2 Å². The Hall–Kier alpha value is -1.72. The van der Waals surface area contributed by atoms with Crippen LogP contribution < -0.4 is 5.32 Å². The number of benzene rings is 1. The SMILES string of the molecule is Cc1nc(-c2cccc(NCc3scnc3C)c2)cs1. The molecule has 5 heteroatoms. The van der Waals surface area contributed by atoms with Gasteiger partial charge in [0.15, 0.2) is 0 Å². The van der Waals surface area contributed by atoms with Gasteiger partial charge in [-0.05, 0) is 26.0 Å². The number of nitrogens with one attached hydrogen (secondary N) is 1. The fraction of sp³-hybridized carbons (Fsp3) is 0.200. The van der Waals surface area contributed by atoms with Crippen LogP contribution >= 0.6 is 22.7 Å². The first-order chi connectivity index (χ1) is 9.72. The van der Waals surface area contributed by atoms with Crippen LogP contribution in [0.1, 0.15) is 15.6 Å². The zero-order chi connectivity index (χ0) is 13.9. The molecule has 0 aliphatic heterocycles.